The highest BCUT2D eigenvalue weighted by Crippen LogP contribution is 2.16. The normalized spacial score (nSPS) is 18.2. The van der Waals surface area contributed by atoms with Gasteiger partial charge in [-0.2, -0.15) is 0 Å². The third kappa shape index (κ3) is 4.84. The molecule has 0 saturated carbocycles. The van der Waals surface area contributed by atoms with Crippen molar-refractivity contribution in [2.75, 3.05) is 19.7 Å². The predicted octanol–water partition coefficient (Wildman–Crippen LogP) is 1.83. The van der Waals surface area contributed by atoms with Crippen LogP contribution in [0.25, 0.3) is 0 Å². The first-order chi connectivity index (χ1) is 10.6. The van der Waals surface area contributed by atoms with Gasteiger partial charge >= 0.3 is 0 Å². The van der Waals surface area contributed by atoms with Crippen LogP contribution in [0, 0.1) is 17.8 Å². The molecule has 2 rings (SSSR count). The Kier molecular flexibility index (Phi) is 6.44. The Morgan fingerprint density at radius 2 is 2.41 bits per heavy atom. The van der Waals surface area contributed by atoms with E-state index in [1.165, 1.54) is 4.88 Å². The summed E-state index contributed by atoms with van der Waals surface area (Å²) in [5.74, 6) is 5.90. The number of aliphatic hydroxyl groups excluding tert-OH is 1. The molecule has 0 aliphatic carbocycles. The number of likely N-dealkylation sites (tertiary alicyclic amines) is 1. The molecule has 5 heteroatoms. The Labute approximate surface area is 136 Å². The number of nitrogens with one attached hydrogen (secondary N) is 1. The van der Waals surface area contributed by atoms with Gasteiger partial charge in [0, 0.05) is 47.4 Å². The summed E-state index contributed by atoms with van der Waals surface area (Å²) in [6.45, 7) is 6.31. The number of thiophene rings is 1. The first-order valence-electron chi connectivity index (χ1n) is 7.79. The van der Waals surface area contributed by atoms with Crippen molar-refractivity contribution in [3.05, 3.63) is 21.9 Å². The zero-order valence-corrected chi connectivity index (χ0v) is 14.1. The number of hydrogen-bond donors (Lipinski definition) is 2. The van der Waals surface area contributed by atoms with Crippen molar-refractivity contribution < 1.29 is 9.90 Å². The molecule has 2 heterocycles. The zero-order chi connectivity index (χ0) is 15.9. The molecule has 0 spiro atoms. The lowest BCUT2D eigenvalue weighted by Crippen LogP contribution is -2.48. The standard InChI is InChI=1S/C17H24N2O2S/c1-13(2)17(21)19-7-3-6-15(11-19)18-10-16-9-14(12-22-16)5-4-8-20/h9,12-13,15,18,20H,3,6-8,10-11H2,1-2H3. The Balaban J connectivity index is 1.83. The minimum Gasteiger partial charge on any atom is -0.384 e. The monoisotopic (exact) mass is 320 g/mol. The molecule has 4 nitrogen and oxygen atoms in total. The molecule has 120 valence electrons. The molecule has 1 atom stereocenters. The molecule has 0 aromatic carbocycles. The maximum atomic E-state index is 12.1. The molecule has 1 aromatic rings. The number of piperidine rings is 1. The van der Waals surface area contributed by atoms with Gasteiger partial charge in [-0.3, -0.25) is 4.79 Å². The van der Waals surface area contributed by atoms with Gasteiger partial charge in [0.15, 0.2) is 0 Å². The highest BCUT2D eigenvalue weighted by molar-refractivity contribution is 7.10. The fourth-order valence-electron chi connectivity index (χ4n) is 2.63. The maximum Gasteiger partial charge on any atom is 0.225 e. The largest absolute Gasteiger partial charge is 0.384 e. The quantitative estimate of drug-likeness (QED) is 0.832. The van der Waals surface area contributed by atoms with Crippen LogP contribution in [0.15, 0.2) is 11.4 Å². The van der Waals surface area contributed by atoms with Crippen LogP contribution in [0.2, 0.25) is 0 Å². The number of carbonyl (C=O) groups is 1. The summed E-state index contributed by atoms with van der Waals surface area (Å²) in [6, 6.07) is 2.42. The van der Waals surface area contributed by atoms with Crippen molar-refractivity contribution in [1.29, 1.82) is 0 Å². The molecule has 2 N–H and O–H groups in total. The smallest absolute Gasteiger partial charge is 0.225 e. The van der Waals surface area contributed by atoms with E-state index in [1.807, 2.05) is 24.1 Å². The molecule has 1 aliphatic rings. The molecule has 22 heavy (non-hydrogen) atoms. The molecule has 1 aromatic heterocycles. The molecule has 0 bridgehead atoms. The summed E-state index contributed by atoms with van der Waals surface area (Å²) >= 11 is 1.67. The lowest BCUT2D eigenvalue weighted by atomic mass is 10.0. The SMILES string of the molecule is CC(C)C(=O)N1CCCC(NCc2cc(C#CCO)cs2)C1. The van der Waals surface area contributed by atoms with Gasteiger partial charge < -0.3 is 15.3 Å². The zero-order valence-electron chi connectivity index (χ0n) is 13.3. The van der Waals surface area contributed by atoms with E-state index >= 15 is 0 Å². The van der Waals surface area contributed by atoms with Crippen LogP contribution in [-0.4, -0.2) is 41.7 Å². The van der Waals surface area contributed by atoms with Crippen LogP contribution in [0.3, 0.4) is 0 Å². The molecule has 1 amide bonds. The Hall–Kier alpha value is -1.35. The number of hydrogen-bond acceptors (Lipinski definition) is 4. The fourth-order valence-corrected chi connectivity index (χ4v) is 3.40. The van der Waals surface area contributed by atoms with Crippen molar-refractivity contribution in [2.45, 2.75) is 39.3 Å². The van der Waals surface area contributed by atoms with E-state index in [1.54, 1.807) is 11.3 Å². The van der Waals surface area contributed by atoms with Gasteiger partial charge in [-0.25, -0.2) is 0 Å². The number of carbonyl (C=O) groups excluding carboxylic acids is 1. The van der Waals surface area contributed by atoms with Crippen molar-refractivity contribution in [1.82, 2.24) is 10.2 Å². The maximum absolute atomic E-state index is 12.1. The first-order valence-corrected chi connectivity index (χ1v) is 8.67. The van der Waals surface area contributed by atoms with Crippen LogP contribution in [-0.2, 0) is 11.3 Å². The second-order valence-electron chi connectivity index (χ2n) is 5.92. The van der Waals surface area contributed by atoms with E-state index in [-0.39, 0.29) is 18.4 Å². The topological polar surface area (TPSA) is 52.6 Å². The summed E-state index contributed by atoms with van der Waals surface area (Å²) in [6.07, 6.45) is 2.18. The lowest BCUT2D eigenvalue weighted by Gasteiger charge is -2.34. The highest BCUT2D eigenvalue weighted by atomic mass is 32.1. The summed E-state index contributed by atoms with van der Waals surface area (Å²) in [4.78, 5) is 15.3. The summed E-state index contributed by atoms with van der Waals surface area (Å²) in [5.41, 5.74) is 0.955. The van der Waals surface area contributed by atoms with Gasteiger partial charge in [0.05, 0.1) is 0 Å². The number of amides is 1. The van der Waals surface area contributed by atoms with Crippen molar-refractivity contribution in [2.24, 2.45) is 5.92 Å². The Morgan fingerprint density at radius 3 is 3.14 bits per heavy atom. The third-order valence-electron chi connectivity index (χ3n) is 3.76. The van der Waals surface area contributed by atoms with E-state index in [4.69, 9.17) is 5.11 Å². The van der Waals surface area contributed by atoms with Crippen LogP contribution in [0.4, 0.5) is 0 Å². The lowest BCUT2D eigenvalue weighted by molar-refractivity contribution is -0.135. The molecular weight excluding hydrogens is 296 g/mol. The van der Waals surface area contributed by atoms with Gasteiger partial charge in [-0.05, 0) is 18.9 Å². The molecule has 0 radical (unpaired) electrons. The van der Waals surface area contributed by atoms with Gasteiger partial charge in [-0.1, -0.05) is 25.7 Å². The van der Waals surface area contributed by atoms with E-state index in [0.717, 1.165) is 38.0 Å². The van der Waals surface area contributed by atoms with Crippen molar-refractivity contribution >= 4 is 17.2 Å². The first kappa shape index (κ1) is 17.0. The van der Waals surface area contributed by atoms with E-state index in [9.17, 15) is 4.79 Å². The number of rotatable bonds is 4. The summed E-state index contributed by atoms with van der Waals surface area (Å²) in [7, 11) is 0. The minimum atomic E-state index is -0.106. The van der Waals surface area contributed by atoms with Gasteiger partial charge in [0.25, 0.3) is 0 Å². The van der Waals surface area contributed by atoms with Crippen LogP contribution >= 0.6 is 11.3 Å². The molecule has 1 aliphatic heterocycles. The molecule has 1 saturated heterocycles. The van der Waals surface area contributed by atoms with Gasteiger partial charge in [-0.15, -0.1) is 11.3 Å². The molecule has 1 unspecified atom stereocenters. The highest BCUT2D eigenvalue weighted by Gasteiger charge is 2.24. The Morgan fingerprint density at radius 1 is 1.59 bits per heavy atom. The van der Waals surface area contributed by atoms with Crippen LogP contribution in [0.1, 0.15) is 37.1 Å². The van der Waals surface area contributed by atoms with Gasteiger partial charge in [0.2, 0.25) is 5.91 Å². The number of nitrogens with zero attached hydrogens (tertiary/aromatic N) is 1. The Bertz CT molecular complexity index is 556. The van der Waals surface area contributed by atoms with Crippen molar-refractivity contribution in [3.8, 4) is 11.8 Å². The predicted molar refractivity (Wildman–Crippen MR) is 89.6 cm³/mol. The summed E-state index contributed by atoms with van der Waals surface area (Å²) < 4.78 is 0. The van der Waals surface area contributed by atoms with Crippen LogP contribution in [0.5, 0.6) is 0 Å². The molecular formula is C17H24N2O2S. The van der Waals surface area contributed by atoms with Crippen LogP contribution < -0.4 is 5.32 Å². The molecule has 1 fully saturated rings. The minimum absolute atomic E-state index is 0.0729. The second kappa shape index (κ2) is 8.33. The number of aliphatic hydroxyl groups is 1. The van der Waals surface area contributed by atoms with Gasteiger partial charge in [0.1, 0.15) is 6.61 Å². The van der Waals surface area contributed by atoms with E-state index in [2.05, 4.69) is 23.2 Å². The van der Waals surface area contributed by atoms with Crippen molar-refractivity contribution in [3.63, 3.8) is 0 Å². The second-order valence-corrected chi connectivity index (χ2v) is 6.92. The fraction of sp³-hybridized carbons (Fsp3) is 0.588. The van der Waals surface area contributed by atoms with E-state index < -0.39 is 0 Å². The average molecular weight is 320 g/mol. The summed E-state index contributed by atoms with van der Waals surface area (Å²) in [5, 5.41) is 14.3. The van der Waals surface area contributed by atoms with E-state index in [0.29, 0.717) is 6.04 Å². The average Bonchev–Trinajstić information content (AvgIpc) is 2.98. The third-order valence-corrected chi connectivity index (χ3v) is 4.69.